The summed E-state index contributed by atoms with van der Waals surface area (Å²) in [6.45, 7) is 0.163. The van der Waals surface area contributed by atoms with Gasteiger partial charge in [-0.15, -0.1) is 0 Å². The Balaban J connectivity index is 1.53. The Kier molecular flexibility index (Phi) is 7.38. The van der Waals surface area contributed by atoms with Gasteiger partial charge in [-0.2, -0.15) is 0 Å². The van der Waals surface area contributed by atoms with E-state index in [9.17, 15) is 14.0 Å². The van der Waals surface area contributed by atoms with E-state index < -0.39 is 17.8 Å². The molecule has 1 N–H and O–H groups in total. The van der Waals surface area contributed by atoms with Gasteiger partial charge in [-0.3, -0.25) is 9.69 Å². The second-order valence-corrected chi connectivity index (χ2v) is 9.02. The minimum Gasteiger partial charge on any atom is -0.493 e. The number of halogens is 3. The molecule has 4 rings (SSSR count). The molecule has 9 heteroatoms. The van der Waals surface area contributed by atoms with E-state index in [2.05, 4.69) is 27.9 Å². The quantitative estimate of drug-likeness (QED) is 0.215. The number of carbonyl (C=O) groups excluding carboxylic acids is 2. The molecule has 174 valence electrons. The Morgan fingerprint density at radius 3 is 2.56 bits per heavy atom. The molecular weight excluding hydrogens is 574 g/mol. The van der Waals surface area contributed by atoms with Crippen LogP contribution in [0.15, 0.2) is 66.4 Å². The van der Waals surface area contributed by atoms with Crippen LogP contribution in [0.25, 0.3) is 6.08 Å². The van der Waals surface area contributed by atoms with Crippen LogP contribution in [-0.4, -0.2) is 23.9 Å². The lowest BCUT2D eigenvalue weighted by atomic mass is 10.1. The maximum absolute atomic E-state index is 14.0. The minimum atomic E-state index is -0.607. The number of benzene rings is 3. The van der Waals surface area contributed by atoms with Crippen LogP contribution in [-0.2, 0) is 17.9 Å². The summed E-state index contributed by atoms with van der Waals surface area (Å²) in [6.07, 6.45) is 1.55. The molecule has 34 heavy (non-hydrogen) atoms. The van der Waals surface area contributed by atoms with E-state index in [1.807, 2.05) is 18.2 Å². The van der Waals surface area contributed by atoms with Gasteiger partial charge in [-0.1, -0.05) is 41.9 Å². The van der Waals surface area contributed by atoms with Crippen LogP contribution in [0.2, 0.25) is 5.02 Å². The maximum atomic E-state index is 14.0. The summed E-state index contributed by atoms with van der Waals surface area (Å²) in [5, 5.41) is 3.20. The Hall–Kier alpha value is -3.11. The third kappa shape index (κ3) is 5.34. The molecule has 1 aliphatic rings. The molecule has 0 radical (unpaired) electrons. The molecular formula is C25H19ClFIN2O4. The molecule has 1 fully saturated rings. The fraction of sp³-hybridized carbons (Fsp3) is 0.120. The number of methoxy groups -OCH3 is 1. The van der Waals surface area contributed by atoms with Gasteiger partial charge in [-0.05, 0) is 70.1 Å². The Labute approximate surface area is 214 Å². The van der Waals surface area contributed by atoms with Gasteiger partial charge in [0.15, 0.2) is 11.5 Å². The van der Waals surface area contributed by atoms with Gasteiger partial charge in [0.2, 0.25) is 0 Å². The average Bonchev–Trinajstić information content (AvgIpc) is 3.07. The van der Waals surface area contributed by atoms with Gasteiger partial charge >= 0.3 is 6.03 Å². The molecule has 0 unspecified atom stereocenters. The number of nitrogens with one attached hydrogen (secondary N) is 1. The monoisotopic (exact) mass is 592 g/mol. The summed E-state index contributed by atoms with van der Waals surface area (Å²) in [6, 6.07) is 16.3. The molecule has 0 saturated carbocycles. The van der Waals surface area contributed by atoms with Crippen molar-refractivity contribution in [2.75, 3.05) is 7.11 Å². The smallest absolute Gasteiger partial charge is 0.329 e. The van der Waals surface area contributed by atoms with E-state index in [0.29, 0.717) is 28.7 Å². The Bertz CT molecular complexity index is 1280. The predicted molar refractivity (Wildman–Crippen MR) is 135 cm³/mol. The lowest BCUT2D eigenvalue weighted by Crippen LogP contribution is -2.30. The third-order valence-corrected chi connectivity index (χ3v) is 6.16. The van der Waals surface area contributed by atoms with E-state index in [4.69, 9.17) is 21.1 Å². The van der Waals surface area contributed by atoms with Crippen molar-refractivity contribution >= 4 is 52.2 Å². The SMILES string of the molecule is COc1cc(/C=C2\NC(=O)N(Cc3ccccc3F)C2=O)cc(I)c1OCc1ccc(Cl)cc1. The lowest BCUT2D eigenvalue weighted by molar-refractivity contribution is -0.123. The van der Waals surface area contributed by atoms with Crippen LogP contribution in [0, 0.1) is 9.39 Å². The maximum Gasteiger partial charge on any atom is 0.329 e. The third-order valence-electron chi connectivity index (χ3n) is 5.11. The number of hydrogen-bond acceptors (Lipinski definition) is 4. The number of carbonyl (C=O) groups is 2. The zero-order valence-electron chi connectivity index (χ0n) is 18.0. The number of hydrogen-bond donors (Lipinski definition) is 1. The molecule has 0 bridgehead atoms. The Morgan fingerprint density at radius 2 is 1.85 bits per heavy atom. The molecule has 0 aromatic heterocycles. The second-order valence-electron chi connectivity index (χ2n) is 7.42. The van der Waals surface area contributed by atoms with E-state index in [-0.39, 0.29) is 17.8 Å². The summed E-state index contributed by atoms with van der Waals surface area (Å²) < 4.78 is 26.2. The van der Waals surface area contributed by atoms with Crippen molar-refractivity contribution < 1.29 is 23.5 Å². The first-order valence-electron chi connectivity index (χ1n) is 10.2. The highest BCUT2D eigenvalue weighted by Gasteiger charge is 2.34. The van der Waals surface area contributed by atoms with Crippen LogP contribution < -0.4 is 14.8 Å². The van der Waals surface area contributed by atoms with Crippen molar-refractivity contribution in [1.29, 1.82) is 0 Å². The average molecular weight is 593 g/mol. The molecule has 3 aromatic carbocycles. The van der Waals surface area contributed by atoms with Crippen LogP contribution in [0.1, 0.15) is 16.7 Å². The molecule has 1 saturated heterocycles. The van der Waals surface area contributed by atoms with Crippen LogP contribution in [0.5, 0.6) is 11.5 Å². The van der Waals surface area contributed by atoms with Gasteiger partial charge in [0.1, 0.15) is 18.1 Å². The Morgan fingerprint density at radius 1 is 1.12 bits per heavy atom. The normalized spacial score (nSPS) is 14.5. The number of rotatable bonds is 7. The van der Waals surface area contributed by atoms with Crippen molar-refractivity contribution in [3.8, 4) is 11.5 Å². The molecule has 3 amide bonds. The fourth-order valence-corrected chi connectivity index (χ4v) is 4.29. The molecule has 0 aliphatic carbocycles. The molecule has 0 spiro atoms. The second kappa shape index (κ2) is 10.4. The summed E-state index contributed by atoms with van der Waals surface area (Å²) >= 11 is 8.05. The van der Waals surface area contributed by atoms with E-state index in [1.54, 1.807) is 36.4 Å². The van der Waals surface area contributed by atoms with Crippen LogP contribution in [0.3, 0.4) is 0 Å². The van der Waals surface area contributed by atoms with Crippen molar-refractivity contribution in [2.45, 2.75) is 13.2 Å². The number of ether oxygens (including phenoxy) is 2. The van der Waals surface area contributed by atoms with Gasteiger partial charge in [0.05, 0.1) is 17.2 Å². The first-order valence-corrected chi connectivity index (χ1v) is 11.6. The van der Waals surface area contributed by atoms with Gasteiger partial charge in [0, 0.05) is 10.6 Å². The van der Waals surface area contributed by atoms with Gasteiger partial charge in [-0.25, -0.2) is 9.18 Å². The van der Waals surface area contributed by atoms with Crippen molar-refractivity contribution in [1.82, 2.24) is 10.2 Å². The lowest BCUT2D eigenvalue weighted by Gasteiger charge is -2.14. The number of nitrogens with zero attached hydrogens (tertiary/aromatic N) is 1. The van der Waals surface area contributed by atoms with E-state index >= 15 is 0 Å². The van der Waals surface area contributed by atoms with Crippen LogP contribution in [0.4, 0.5) is 9.18 Å². The van der Waals surface area contributed by atoms with Gasteiger partial charge < -0.3 is 14.8 Å². The molecule has 3 aromatic rings. The van der Waals surface area contributed by atoms with Crippen LogP contribution >= 0.6 is 34.2 Å². The molecule has 6 nitrogen and oxygen atoms in total. The topological polar surface area (TPSA) is 67.9 Å². The molecule has 0 atom stereocenters. The zero-order valence-corrected chi connectivity index (χ0v) is 20.9. The summed E-state index contributed by atoms with van der Waals surface area (Å²) in [5.74, 6) is 0.0233. The predicted octanol–water partition coefficient (Wildman–Crippen LogP) is 5.76. The fourth-order valence-electron chi connectivity index (χ4n) is 3.38. The van der Waals surface area contributed by atoms with Crippen molar-refractivity contribution in [2.24, 2.45) is 0 Å². The number of urea groups is 1. The highest BCUT2D eigenvalue weighted by Crippen LogP contribution is 2.35. The van der Waals surface area contributed by atoms with Crippen molar-refractivity contribution in [3.63, 3.8) is 0 Å². The molecule has 1 aliphatic heterocycles. The minimum absolute atomic E-state index is 0.0917. The highest BCUT2D eigenvalue weighted by atomic mass is 127. The largest absolute Gasteiger partial charge is 0.493 e. The summed E-state index contributed by atoms with van der Waals surface area (Å²) in [4.78, 5) is 26.1. The first-order chi connectivity index (χ1) is 16.4. The first kappa shape index (κ1) is 24.0. The van der Waals surface area contributed by atoms with E-state index in [1.165, 1.54) is 19.2 Å². The number of amides is 3. The van der Waals surface area contributed by atoms with E-state index in [0.717, 1.165) is 14.0 Å². The summed E-state index contributed by atoms with van der Waals surface area (Å²) in [5.41, 5.74) is 1.93. The van der Waals surface area contributed by atoms with Gasteiger partial charge in [0.25, 0.3) is 5.91 Å². The molecule has 1 heterocycles. The standard InChI is InChI=1S/C25H19ClFIN2O4/c1-33-22-12-16(10-20(28)23(22)34-14-15-6-8-18(26)9-7-15)11-21-24(31)30(25(32)29-21)13-17-4-2-3-5-19(17)27/h2-12H,13-14H2,1H3,(H,29,32)/b21-11-. The zero-order chi connectivity index (χ0) is 24.2. The highest BCUT2D eigenvalue weighted by molar-refractivity contribution is 14.1. The summed E-state index contributed by atoms with van der Waals surface area (Å²) in [7, 11) is 1.52. The van der Waals surface area contributed by atoms with Crippen molar-refractivity contribution in [3.05, 3.63) is 97.5 Å². The number of imide groups is 1.